The lowest BCUT2D eigenvalue weighted by Gasteiger charge is -2.14. The summed E-state index contributed by atoms with van der Waals surface area (Å²) >= 11 is 0. The van der Waals surface area contributed by atoms with Gasteiger partial charge in [-0.05, 0) is 39.8 Å². The van der Waals surface area contributed by atoms with E-state index >= 15 is 0 Å². The molecule has 0 atom stereocenters. The molecule has 1 aromatic carbocycles. The smallest absolute Gasteiger partial charge is 0.148 e. The number of anilines is 1. The van der Waals surface area contributed by atoms with Crippen molar-refractivity contribution in [2.75, 3.05) is 5.73 Å². The minimum Gasteiger partial charge on any atom is -0.489 e. The van der Waals surface area contributed by atoms with Gasteiger partial charge in [0.1, 0.15) is 23.1 Å². The molecule has 0 aliphatic heterocycles. The van der Waals surface area contributed by atoms with Crippen molar-refractivity contribution in [3.8, 4) is 11.4 Å². The first-order valence-corrected chi connectivity index (χ1v) is 5.95. The van der Waals surface area contributed by atoms with Gasteiger partial charge < -0.3 is 10.5 Å². The van der Waals surface area contributed by atoms with Crippen molar-refractivity contribution in [3.05, 3.63) is 29.8 Å². The summed E-state index contributed by atoms with van der Waals surface area (Å²) in [7, 11) is 0. The van der Waals surface area contributed by atoms with Gasteiger partial charge in [0.25, 0.3) is 0 Å². The molecular formula is C13H18N4O. The number of hydrogen-bond acceptors (Lipinski definition) is 4. The Morgan fingerprint density at radius 3 is 2.56 bits per heavy atom. The van der Waals surface area contributed by atoms with Crippen molar-refractivity contribution in [2.45, 2.75) is 33.8 Å². The lowest BCUT2D eigenvalue weighted by Crippen LogP contribution is -2.10. The summed E-state index contributed by atoms with van der Waals surface area (Å²) in [5.41, 5.74) is 7.51. The molecule has 2 N–H and O–H groups in total. The van der Waals surface area contributed by atoms with Crippen LogP contribution in [0, 0.1) is 13.8 Å². The van der Waals surface area contributed by atoms with Crippen molar-refractivity contribution >= 4 is 5.69 Å². The number of aryl methyl sites for hydroxylation is 2. The zero-order chi connectivity index (χ0) is 13.3. The summed E-state index contributed by atoms with van der Waals surface area (Å²) in [6.07, 6.45) is 0.0844. The first-order valence-electron chi connectivity index (χ1n) is 5.95. The average molecular weight is 246 g/mol. The molecule has 0 aliphatic carbocycles. The third-order valence-electron chi connectivity index (χ3n) is 2.51. The van der Waals surface area contributed by atoms with Crippen LogP contribution in [0.5, 0.6) is 5.75 Å². The van der Waals surface area contributed by atoms with E-state index in [4.69, 9.17) is 10.5 Å². The highest BCUT2D eigenvalue weighted by molar-refractivity contribution is 5.66. The summed E-state index contributed by atoms with van der Waals surface area (Å²) in [5, 5.41) is 4.33. The molecule has 1 aromatic heterocycles. The molecule has 5 heteroatoms. The van der Waals surface area contributed by atoms with Gasteiger partial charge in [-0.25, -0.2) is 9.67 Å². The van der Waals surface area contributed by atoms with Crippen LogP contribution in [0.25, 0.3) is 5.69 Å². The number of nitrogens with two attached hydrogens (primary N) is 1. The van der Waals surface area contributed by atoms with Gasteiger partial charge >= 0.3 is 0 Å². The zero-order valence-corrected chi connectivity index (χ0v) is 11.1. The van der Waals surface area contributed by atoms with Crippen LogP contribution in [0.2, 0.25) is 0 Å². The Morgan fingerprint density at radius 2 is 2.00 bits per heavy atom. The minimum absolute atomic E-state index is 0.0844. The zero-order valence-electron chi connectivity index (χ0n) is 11.1. The number of hydrogen-bond donors (Lipinski definition) is 1. The number of nitrogens with zero attached hydrogens (tertiary/aromatic N) is 3. The third-order valence-corrected chi connectivity index (χ3v) is 2.51. The fourth-order valence-electron chi connectivity index (χ4n) is 1.82. The highest BCUT2D eigenvalue weighted by atomic mass is 16.5. The number of benzene rings is 1. The molecule has 5 nitrogen and oxygen atoms in total. The van der Waals surface area contributed by atoms with Gasteiger partial charge in [-0.2, -0.15) is 5.10 Å². The summed E-state index contributed by atoms with van der Waals surface area (Å²) in [5.74, 6) is 2.21. The molecule has 18 heavy (non-hydrogen) atoms. The molecule has 0 fully saturated rings. The molecule has 2 rings (SSSR count). The van der Waals surface area contributed by atoms with Crippen molar-refractivity contribution < 1.29 is 4.74 Å². The molecule has 0 bridgehead atoms. The summed E-state index contributed by atoms with van der Waals surface area (Å²) in [6, 6.07) is 5.67. The Morgan fingerprint density at radius 1 is 1.28 bits per heavy atom. The molecule has 0 aliphatic rings. The van der Waals surface area contributed by atoms with Crippen LogP contribution in [-0.4, -0.2) is 20.9 Å². The molecule has 0 saturated heterocycles. The topological polar surface area (TPSA) is 66.0 Å². The lowest BCUT2D eigenvalue weighted by molar-refractivity contribution is 0.244. The van der Waals surface area contributed by atoms with E-state index in [0.29, 0.717) is 11.4 Å². The maximum Gasteiger partial charge on any atom is 0.148 e. The monoisotopic (exact) mass is 246 g/mol. The van der Waals surface area contributed by atoms with E-state index in [2.05, 4.69) is 10.1 Å². The number of nitrogen functional groups attached to an aromatic ring is 1. The first-order chi connectivity index (χ1) is 8.49. The quantitative estimate of drug-likeness (QED) is 0.843. The van der Waals surface area contributed by atoms with E-state index in [1.54, 1.807) is 4.68 Å². The lowest BCUT2D eigenvalue weighted by atomic mass is 10.2. The van der Waals surface area contributed by atoms with E-state index in [-0.39, 0.29) is 6.10 Å². The number of aromatic nitrogens is 3. The van der Waals surface area contributed by atoms with Crippen LogP contribution in [0.4, 0.5) is 5.69 Å². The Balaban J connectivity index is 2.49. The Kier molecular flexibility index (Phi) is 3.23. The van der Waals surface area contributed by atoms with E-state index in [0.717, 1.165) is 17.3 Å². The van der Waals surface area contributed by atoms with E-state index in [1.165, 1.54) is 0 Å². The standard InChI is InChI=1S/C13H18N4O/c1-8(2)18-12-7-5-6-11(13(12)14)17-10(4)15-9(3)16-17/h5-8H,14H2,1-4H3. The first kappa shape index (κ1) is 12.4. The SMILES string of the molecule is Cc1nc(C)n(-c2cccc(OC(C)C)c2N)n1. The van der Waals surface area contributed by atoms with Gasteiger partial charge in [0.05, 0.1) is 11.8 Å². The molecule has 0 unspecified atom stereocenters. The van der Waals surface area contributed by atoms with Gasteiger partial charge in [-0.15, -0.1) is 0 Å². The molecule has 96 valence electrons. The van der Waals surface area contributed by atoms with Crippen LogP contribution in [0.3, 0.4) is 0 Å². The molecule has 2 aromatic rings. The number of ether oxygens (including phenoxy) is 1. The van der Waals surface area contributed by atoms with Gasteiger partial charge in [0.2, 0.25) is 0 Å². The fourth-order valence-corrected chi connectivity index (χ4v) is 1.82. The van der Waals surface area contributed by atoms with Crippen LogP contribution in [0.15, 0.2) is 18.2 Å². The molecule has 0 amide bonds. The predicted octanol–water partition coefficient (Wildman–Crippen LogP) is 2.25. The van der Waals surface area contributed by atoms with Crippen LogP contribution in [0.1, 0.15) is 25.5 Å². The molecule has 0 radical (unpaired) electrons. The van der Waals surface area contributed by atoms with Crippen LogP contribution < -0.4 is 10.5 Å². The van der Waals surface area contributed by atoms with Crippen LogP contribution >= 0.6 is 0 Å². The Bertz CT molecular complexity index is 560. The third kappa shape index (κ3) is 2.30. The second-order valence-electron chi connectivity index (χ2n) is 4.47. The minimum atomic E-state index is 0.0844. The normalized spacial score (nSPS) is 10.9. The summed E-state index contributed by atoms with van der Waals surface area (Å²) < 4.78 is 7.40. The second kappa shape index (κ2) is 4.68. The average Bonchev–Trinajstić information content (AvgIpc) is 2.60. The number of rotatable bonds is 3. The number of para-hydroxylation sites is 1. The fraction of sp³-hybridized carbons (Fsp3) is 0.385. The largest absolute Gasteiger partial charge is 0.489 e. The second-order valence-corrected chi connectivity index (χ2v) is 4.47. The predicted molar refractivity (Wildman–Crippen MR) is 71.0 cm³/mol. The van der Waals surface area contributed by atoms with Gasteiger partial charge in [-0.3, -0.25) is 0 Å². The van der Waals surface area contributed by atoms with Crippen molar-refractivity contribution in [1.29, 1.82) is 0 Å². The molecule has 1 heterocycles. The van der Waals surface area contributed by atoms with Gasteiger partial charge in [0, 0.05) is 0 Å². The highest BCUT2D eigenvalue weighted by Gasteiger charge is 2.12. The van der Waals surface area contributed by atoms with E-state index in [1.807, 2.05) is 45.9 Å². The van der Waals surface area contributed by atoms with Crippen LogP contribution in [-0.2, 0) is 0 Å². The van der Waals surface area contributed by atoms with Gasteiger partial charge in [-0.1, -0.05) is 6.07 Å². The highest BCUT2D eigenvalue weighted by Crippen LogP contribution is 2.29. The summed E-state index contributed by atoms with van der Waals surface area (Å²) in [6.45, 7) is 7.69. The Labute approximate surface area is 107 Å². The summed E-state index contributed by atoms with van der Waals surface area (Å²) in [4.78, 5) is 4.27. The van der Waals surface area contributed by atoms with Crippen molar-refractivity contribution in [1.82, 2.24) is 14.8 Å². The van der Waals surface area contributed by atoms with Crippen molar-refractivity contribution in [2.24, 2.45) is 0 Å². The van der Waals surface area contributed by atoms with Crippen molar-refractivity contribution in [3.63, 3.8) is 0 Å². The maximum absolute atomic E-state index is 6.13. The maximum atomic E-state index is 6.13. The van der Waals surface area contributed by atoms with E-state index < -0.39 is 0 Å². The molecule has 0 spiro atoms. The molecule has 0 saturated carbocycles. The van der Waals surface area contributed by atoms with E-state index in [9.17, 15) is 0 Å². The molecular weight excluding hydrogens is 228 g/mol. The van der Waals surface area contributed by atoms with Gasteiger partial charge in [0.15, 0.2) is 0 Å². The Hall–Kier alpha value is -2.04.